The highest BCUT2D eigenvalue weighted by Gasteiger charge is 1.95. The van der Waals surface area contributed by atoms with E-state index in [1.165, 1.54) is 0 Å². The van der Waals surface area contributed by atoms with E-state index in [0.717, 1.165) is 0 Å². The summed E-state index contributed by atoms with van der Waals surface area (Å²) in [6, 6.07) is 0. The molecule has 0 amide bonds. The Kier molecular flexibility index (Phi) is 4.20. The van der Waals surface area contributed by atoms with Gasteiger partial charge in [0.15, 0.2) is 11.1 Å². The van der Waals surface area contributed by atoms with Gasteiger partial charge in [-0.1, -0.05) is 0 Å². The number of hydrogen-bond acceptors (Lipinski definition) is 3. The zero-order valence-electron chi connectivity index (χ0n) is 4.53. The van der Waals surface area contributed by atoms with Crippen LogP contribution in [0.4, 0.5) is 0 Å². The van der Waals surface area contributed by atoms with Crippen molar-refractivity contribution in [3.05, 3.63) is 0 Å². The molecule has 9 heavy (non-hydrogen) atoms. The van der Waals surface area contributed by atoms with E-state index in [2.05, 4.69) is 5.32 Å². The largest absolute Gasteiger partial charge is 0.480 e. The molecule has 0 radical (unpaired) electrons. The Hall–Kier alpha value is -0.460. The lowest BCUT2D eigenvalue weighted by atomic mass is 10.7. The highest BCUT2D eigenvalue weighted by molar-refractivity contribution is 7.79. The summed E-state index contributed by atoms with van der Waals surface area (Å²) in [5.41, 5.74) is 0. The molecule has 0 heterocycles. The van der Waals surface area contributed by atoms with Gasteiger partial charge in [0.25, 0.3) is 0 Å². The molecule has 0 aliphatic carbocycles. The lowest BCUT2D eigenvalue weighted by molar-refractivity contribution is -0.135. The zero-order chi connectivity index (χ0) is 7.28. The van der Waals surface area contributed by atoms with Gasteiger partial charge in [0, 0.05) is 0 Å². The van der Waals surface area contributed by atoms with Crippen LogP contribution in [-0.2, 0) is 15.9 Å². The van der Waals surface area contributed by atoms with Gasteiger partial charge in [-0.05, 0) is 0 Å². The molecule has 0 aromatic rings. The van der Waals surface area contributed by atoms with Crippen molar-refractivity contribution in [2.75, 3.05) is 12.4 Å². The normalized spacial score (nSPS) is 13.0. The van der Waals surface area contributed by atoms with Crippen LogP contribution in [0.15, 0.2) is 0 Å². The molecule has 0 fully saturated rings. The summed E-state index contributed by atoms with van der Waals surface area (Å²) in [6.45, 7) is -0.285. The van der Waals surface area contributed by atoms with Gasteiger partial charge >= 0.3 is 5.97 Å². The number of rotatable bonds is 4. The summed E-state index contributed by atoms with van der Waals surface area (Å²) >= 11 is -1.96. The molecule has 0 aromatic heterocycles. The molecule has 1 atom stereocenters. The number of carbonyl (C=O) groups is 1. The fraction of sp³-hybridized carbons (Fsp3) is 0.667. The fourth-order valence-electron chi connectivity index (χ4n) is 0.245. The molecular weight excluding hydrogens is 146 g/mol. The first kappa shape index (κ1) is 8.54. The van der Waals surface area contributed by atoms with Crippen molar-refractivity contribution >= 4 is 17.0 Å². The number of nitrogens with one attached hydrogen (secondary N) is 1. The zero-order valence-corrected chi connectivity index (χ0v) is 5.35. The van der Waals surface area contributed by atoms with E-state index in [0.29, 0.717) is 0 Å². The van der Waals surface area contributed by atoms with Crippen molar-refractivity contribution in [3.63, 3.8) is 0 Å². The minimum absolute atomic E-state index is 0.202. The number of hydrogen-bond donors (Lipinski definition) is 3. The van der Waals surface area contributed by atoms with Gasteiger partial charge in [-0.3, -0.25) is 10.1 Å². The van der Waals surface area contributed by atoms with Gasteiger partial charge in [-0.15, -0.1) is 0 Å². The maximum absolute atomic E-state index is 9.84. The lowest BCUT2D eigenvalue weighted by Crippen LogP contribution is -2.25. The standard InChI is InChI=1S/C3H7NO4S/c5-3(6)1-4-2-9(7)8/h4H,1-2H2,(H,5,6)(H,7,8). The van der Waals surface area contributed by atoms with E-state index < -0.39 is 17.0 Å². The minimum Gasteiger partial charge on any atom is -0.480 e. The molecule has 1 unspecified atom stereocenters. The summed E-state index contributed by atoms with van der Waals surface area (Å²) in [4.78, 5) is 9.74. The Morgan fingerprint density at radius 1 is 1.67 bits per heavy atom. The fourth-order valence-corrected chi connectivity index (χ4v) is 0.522. The topological polar surface area (TPSA) is 86.6 Å². The van der Waals surface area contributed by atoms with Gasteiger partial charge in [-0.2, -0.15) is 0 Å². The quantitative estimate of drug-likeness (QED) is 0.443. The molecule has 6 heteroatoms. The van der Waals surface area contributed by atoms with Crippen LogP contribution < -0.4 is 5.32 Å². The third-order valence-electron chi connectivity index (χ3n) is 0.502. The average Bonchev–Trinajstić information content (AvgIpc) is 1.63. The van der Waals surface area contributed by atoms with Crippen molar-refractivity contribution in [2.24, 2.45) is 0 Å². The van der Waals surface area contributed by atoms with Crippen molar-refractivity contribution < 1.29 is 18.7 Å². The van der Waals surface area contributed by atoms with Crippen LogP contribution in [0.3, 0.4) is 0 Å². The molecule has 0 spiro atoms. The Labute approximate surface area is 54.4 Å². The molecule has 0 aliphatic heterocycles. The Morgan fingerprint density at radius 2 is 2.22 bits per heavy atom. The predicted molar refractivity (Wildman–Crippen MR) is 31.3 cm³/mol. The third kappa shape index (κ3) is 7.54. The van der Waals surface area contributed by atoms with Gasteiger partial charge in [0.05, 0.1) is 12.4 Å². The highest BCUT2D eigenvalue weighted by atomic mass is 32.2. The first-order chi connectivity index (χ1) is 4.13. The molecule has 54 valence electrons. The highest BCUT2D eigenvalue weighted by Crippen LogP contribution is 1.66. The summed E-state index contributed by atoms with van der Waals surface area (Å²) in [5, 5.41) is 10.2. The number of carboxylic acids is 1. The smallest absolute Gasteiger partial charge is 0.317 e. The maximum atomic E-state index is 9.84. The van der Waals surface area contributed by atoms with Gasteiger partial charge < -0.3 is 9.66 Å². The van der Waals surface area contributed by atoms with Gasteiger partial charge in [0.1, 0.15) is 0 Å². The Balaban J connectivity index is 3.10. The third-order valence-corrected chi connectivity index (χ3v) is 0.953. The molecule has 0 aliphatic rings. The van der Waals surface area contributed by atoms with Crippen LogP contribution in [0.1, 0.15) is 0 Å². The summed E-state index contributed by atoms with van der Waals surface area (Å²) in [5.74, 6) is -1.24. The SMILES string of the molecule is O=C(O)CNCS(=O)O. The molecular formula is C3H7NO4S. The van der Waals surface area contributed by atoms with E-state index in [4.69, 9.17) is 9.66 Å². The van der Waals surface area contributed by atoms with Crippen LogP contribution in [0.25, 0.3) is 0 Å². The summed E-state index contributed by atoms with van der Waals surface area (Å²) in [6.07, 6.45) is 0. The molecule has 0 bridgehead atoms. The average molecular weight is 153 g/mol. The van der Waals surface area contributed by atoms with Crippen molar-refractivity contribution in [2.45, 2.75) is 0 Å². The second-order valence-corrected chi connectivity index (χ2v) is 2.22. The first-order valence-corrected chi connectivity index (χ1v) is 3.40. The van der Waals surface area contributed by atoms with E-state index >= 15 is 0 Å². The minimum atomic E-state index is -1.96. The van der Waals surface area contributed by atoms with E-state index in [1.54, 1.807) is 0 Å². The van der Waals surface area contributed by atoms with E-state index in [9.17, 15) is 9.00 Å². The van der Waals surface area contributed by atoms with Gasteiger partial charge in [-0.25, -0.2) is 4.21 Å². The van der Waals surface area contributed by atoms with Gasteiger partial charge in [0.2, 0.25) is 0 Å². The molecule has 0 saturated heterocycles. The van der Waals surface area contributed by atoms with Crippen LogP contribution in [-0.4, -0.2) is 32.3 Å². The predicted octanol–water partition coefficient (Wildman–Crippen LogP) is -1.16. The number of carboxylic acid groups (broad SMARTS) is 1. The van der Waals surface area contributed by atoms with Crippen molar-refractivity contribution in [1.29, 1.82) is 0 Å². The van der Waals surface area contributed by atoms with Crippen LogP contribution in [0.2, 0.25) is 0 Å². The second-order valence-electron chi connectivity index (χ2n) is 1.29. The van der Waals surface area contributed by atoms with Crippen molar-refractivity contribution in [3.8, 4) is 0 Å². The summed E-state index contributed by atoms with van der Waals surface area (Å²) in [7, 11) is 0. The molecule has 5 nitrogen and oxygen atoms in total. The summed E-state index contributed by atoms with van der Waals surface area (Å²) < 4.78 is 17.9. The second kappa shape index (κ2) is 4.42. The van der Waals surface area contributed by atoms with E-state index in [-0.39, 0.29) is 12.4 Å². The van der Waals surface area contributed by atoms with Crippen LogP contribution in [0.5, 0.6) is 0 Å². The first-order valence-electron chi connectivity index (χ1n) is 2.13. The lowest BCUT2D eigenvalue weighted by Gasteiger charge is -1.93. The van der Waals surface area contributed by atoms with Crippen molar-refractivity contribution in [1.82, 2.24) is 5.32 Å². The molecule has 0 saturated carbocycles. The van der Waals surface area contributed by atoms with E-state index in [1.807, 2.05) is 0 Å². The molecule has 0 rings (SSSR count). The monoisotopic (exact) mass is 153 g/mol. The Bertz CT molecular complexity index is 111. The van der Waals surface area contributed by atoms with Crippen LogP contribution >= 0.6 is 0 Å². The number of aliphatic carboxylic acids is 1. The maximum Gasteiger partial charge on any atom is 0.317 e. The Morgan fingerprint density at radius 3 is 2.56 bits per heavy atom. The molecule has 0 aromatic carbocycles. The van der Waals surface area contributed by atoms with Crippen LogP contribution in [0, 0.1) is 0 Å². The molecule has 3 N–H and O–H groups in total.